The van der Waals surface area contributed by atoms with Crippen LogP contribution in [0.1, 0.15) is 53.3 Å². The second kappa shape index (κ2) is 5.16. The van der Waals surface area contributed by atoms with E-state index in [-0.39, 0.29) is 5.41 Å². The summed E-state index contributed by atoms with van der Waals surface area (Å²) in [5.41, 5.74) is 2.49. The molecule has 1 aliphatic carbocycles. The standard InChI is InChI=1S/C17H18N2O/c1-13-11-15(12-20)19-16(18-13)17(9-5-6-10-17)14-7-3-2-4-8-14/h2-4,7-8,11-12H,5-6,9-10H2,1H3. The molecular formula is C17H18N2O. The predicted molar refractivity (Wildman–Crippen MR) is 77.8 cm³/mol. The van der Waals surface area contributed by atoms with Gasteiger partial charge in [0.1, 0.15) is 11.5 Å². The van der Waals surface area contributed by atoms with Crippen molar-refractivity contribution in [3.05, 3.63) is 59.2 Å². The van der Waals surface area contributed by atoms with Crippen LogP contribution in [0, 0.1) is 6.92 Å². The predicted octanol–water partition coefficient (Wildman–Crippen LogP) is 3.46. The quantitative estimate of drug-likeness (QED) is 0.799. The molecule has 3 heteroatoms. The van der Waals surface area contributed by atoms with Crippen molar-refractivity contribution in [1.29, 1.82) is 0 Å². The Labute approximate surface area is 119 Å². The molecule has 2 aromatic rings. The summed E-state index contributed by atoms with van der Waals surface area (Å²) in [7, 11) is 0. The largest absolute Gasteiger partial charge is 0.296 e. The van der Waals surface area contributed by atoms with Gasteiger partial charge in [-0.3, -0.25) is 4.79 Å². The third-order valence-corrected chi connectivity index (χ3v) is 4.21. The average molecular weight is 266 g/mol. The van der Waals surface area contributed by atoms with Crippen molar-refractivity contribution in [3.8, 4) is 0 Å². The van der Waals surface area contributed by atoms with Crippen molar-refractivity contribution < 1.29 is 4.79 Å². The maximum Gasteiger partial charge on any atom is 0.168 e. The lowest BCUT2D eigenvalue weighted by atomic mass is 9.78. The fourth-order valence-electron chi connectivity index (χ4n) is 3.24. The Hall–Kier alpha value is -2.03. The summed E-state index contributed by atoms with van der Waals surface area (Å²) in [4.78, 5) is 20.2. The number of aryl methyl sites for hydroxylation is 1. The van der Waals surface area contributed by atoms with Crippen LogP contribution in [0.4, 0.5) is 0 Å². The first kappa shape index (κ1) is 13.0. The van der Waals surface area contributed by atoms with E-state index >= 15 is 0 Å². The molecule has 0 amide bonds. The fourth-order valence-corrected chi connectivity index (χ4v) is 3.24. The van der Waals surface area contributed by atoms with Gasteiger partial charge in [-0.05, 0) is 31.4 Å². The monoisotopic (exact) mass is 266 g/mol. The van der Waals surface area contributed by atoms with Gasteiger partial charge in [-0.25, -0.2) is 9.97 Å². The van der Waals surface area contributed by atoms with Crippen LogP contribution in [0.25, 0.3) is 0 Å². The molecule has 20 heavy (non-hydrogen) atoms. The Bertz CT molecular complexity index is 616. The second-order valence-electron chi connectivity index (χ2n) is 5.53. The van der Waals surface area contributed by atoms with Crippen molar-refractivity contribution >= 4 is 6.29 Å². The fraction of sp³-hybridized carbons (Fsp3) is 0.353. The van der Waals surface area contributed by atoms with Crippen LogP contribution in [0.15, 0.2) is 36.4 Å². The first-order chi connectivity index (χ1) is 9.74. The molecule has 0 atom stereocenters. The van der Waals surface area contributed by atoms with Crippen LogP contribution in [-0.4, -0.2) is 16.3 Å². The first-order valence-corrected chi connectivity index (χ1v) is 7.11. The molecule has 1 aromatic carbocycles. The second-order valence-corrected chi connectivity index (χ2v) is 5.53. The van der Waals surface area contributed by atoms with Crippen molar-refractivity contribution in [2.75, 3.05) is 0 Å². The van der Waals surface area contributed by atoms with Gasteiger partial charge < -0.3 is 0 Å². The van der Waals surface area contributed by atoms with E-state index in [1.807, 2.05) is 13.0 Å². The van der Waals surface area contributed by atoms with Crippen molar-refractivity contribution in [2.24, 2.45) is 0 Å². The third-order valence-electron chi connectivity index (χ3n) is 4.21. The van der Waals surface area contributed by atoms with Crippen LogP contribution >= 0.6 is 0 Å². The molecule has 102 valence electrons. The number of hydrogen-bond donors (Lipinski definition) is 0. The number of aldehydes is 1. The molecule has 1 fully saturated rings. The first-order valence-electron chi connectivity index (χ1n) is 7.11. The minimum Gasteiger partial charge on any atom is -0.296 e. The van der Waals surface area contributed by atoms with Crippen LogP contribution in [0.5, 0.6) is 0 Å². The van der Waals surface area contributed by atoms with Crippen LogP contribution < -0.4 is 0 Å². The van der Waals surface area contributed by atoms with Gasteiger partial charge >= 0.3 is 0 Å². The molecule has 0 bridgehead atoms. The zero-order valence-electron chi connectivity index (χ0n) is 11.7. The number of benzene rings is 1. The molecule has 1 saturated carbocycles. The number of aromatic nitrogens is 2. The van der Waals surface area contributed by atoms with Gasteiger partial charge in [-0.2, -0.15) is 0 Å². The van der Waals surface area contributed by atoms with Gasteiger partial charge in [-0.1, -0.05) is 43.2 Å². The maximum absolute atomic E-state index is 11.1. The summed E-state index contributed by atoms with van der Waals surface area (Å²) >= 11 is 0. The van der Waals surface area contributed by atoms with E-state index in [2.05, 4.69) is 34.2 Å². The molecule has 3 nitrogen and oxygen atoms in total. The molecule has 1 aromatic heterocycles. The van der Waals surface area contributed by atoms with Crippen LogP contribution in [-0.2, 0) is 5.41 Å². The van der Waals surface area contributed by atoms with Gasteiger partial charge in [0.15, 0.2) is 6.29 Å². The lowest BCUT2D eigenvalue weighted by molar-refractivity contribution is 0.111. The van der Waals surface area contributed by atoms with Gasteiger partial charge in [0.05, 0.1) is 5.41 Å². The lowest BCUT2D eigenvalue weighted by Crippen LogP contribution is -2.27. The Morgan fingerprint density at radius 3 is 2.45 bits per heavy atom. The SMILES string of the molecule is Cc1cc(C=O)nc(C2(c3ccccc3)CCCC2)n1. The Kier molecular flexibility index (Phi) is 3.35. The Morgan fingerprint density at radius 1 is 1.10 bits per heavy atom. The number of carbonyl (C=O) groups excluding carboxylic acids is 1. The molecule has 0 N–H and O–H groups in total. The van der Waals surface area contributed by atoms with E-state index in [0.29, 0.717) is 5.69 Å². The molecule has 0 saturated heterocycles. The van der Waals surface area contributed by atoms with E-state index in [0.717, 1.165) is 30.6 Å². The third kappa shape index (κ3) is 2.13. The highest BCUT2D eigenvalue weighted by atomic mass is 16.1. The lowest BCUT2D eigenvalue weighted by Gasteiger charge is -2.28. The van der Waals surface area contributed by atoms with Crippen molar-refractivity contribution in [3.63, 3.8) is 0 Å². The Balaban J connectivity index is 2.16. The van der Waals surface area contributed by atoms with Gasteiger partial charge in [0, 0.05) is 5.69 Å². The molecule has 3 rings (SSSR count). The zero-order chi connectivity index (χ0) is 14.0. The van der Waals surface area contributed by atoms with Crippen LogP contribution in [0.2, 0.25) is 0 Å². The van der Waals surface area contributed by atoms with Gasteiger partial charge in [0.25, 0.3) is 0 Å². The van der Waals surface area contributed by atoms with Crippen molar-refractivity contribution in [1.82, 2.24) is 9.97 Å². The van der Waals surface area contributed by atoms with Crippen molar-refractivity contribution in [2.45, 2.75) is 38.0 Å². The number of rotatable bonds is 3. The highest BCUT2D eigenvalue weighted by molar-refractivity contribution is 5.71. The summed E-state index contributed by atoms with van der Waals surface area (Å²) in [5, 5.41) is 0. The van der Waals surface area contributed by atoms with Crippen LogP contribution in [0.3, 0.4) is 0 Å². The molecule has 0 unspecified atom stereocenters. The Morgan fingerprint density at radius 2 is 1.80 bits per heavy atom. The molecular weight excluding hydrogens is 248 g/mol. The molecule has 1 heterocycles. The number of carbonyl (C=O) groups is 1. The molecule has 0 spiro atoms. The summed E-state index contributed by atoms with van der Waals surface area (Å²) in [6.45, 7) is 1.92. The smallest absolute Gasteiger partial charge is 0.168 e. The highest BCUT2D eigenvalue weighted by Crippen LogP contribution is 2.44. The van der Waals surface area contributed by atoms with E-state index in [1.165, 1.54) is 18.4 Å². The maximum atomic E-state index is 11.1. The van der Waals surface area contributed by atoms with E-state index in [4.69, 9.17) is 0 Å². The number of nitrogens with zero attached hydrogens (tertiary/aromatic N) is 2. The van der Waals surface area contributed by atoms with E-state index < -0.39 is 0 Å². The molecule has 1 aliphatic rings. The summed E-state index contributed by atoms with van der Waals surface area (Å²) < 4.78 is 0. The van der Waals surface area contributed by atoms with E-state index in [9.17, 15) is 4.79 Å². The van der Waals surface area contributed by atoms with Gasteiger partial charge in [-0.15, -0.1) is 0 Å². The zero-order valence-corrected chi connectivity index (χ0v) is 11.7. The summed E-state index contributed by atoms with van der Waals surface area (Å²) in [6, 6.07) is 12.2. The average Bonchev–Trinajstić information content (AvgIpc) is 2.98. The van der Waals surface area contributed by atoms with Gasteiger partial charge in [0.2, 0.25) is 0 Å². The highest BCUT2D eigenvalue weighted by Gasteiger charge is 2.40. The summed E-state index contributed by atoms with van der Waals surface area (Å²) in [5.74, 6) is 0.809. The number of hydrogen-bond acceptors (Lipinski definition) is 3. The molecule has 0 radical (unpaired) electrons. The normalized spacial score (nSPS) is 17.1. The minimum absolute atomic E-state index is 0.120. The molecule has 0 aliphatic heterocycles. The summed E-state index contributed by atoms with van der Waals surface area (Å²) in [6.07, 6.45) is 5.29. The minimum atomic E-state index is -0.120. The topological polar surface area (TPSA) is 42.9 Å². The van der Waals surface area contributed by atoms with E-state index in [1.54, 1.807) is 6.07 Å².